The Hall–Kier alpha value is -1.16. The second kappa shape index (κ2) is 7.91. The minimum atomic E-state index is -0.598. The van der Waals surface area contributed by atoms with E-state index in [1.165, 1.54) is 22.7 Å². The van der Waals surface area contributed by atoms with Crippen LogP contribution in [0.25, 0.3) is 0 Å². The smallest absolute Gasteiger partial charge is 0.348 e. The number of thiophene rings is 1. The number of rotatable bonds is 6. The molecule has 2 amide bonds. The zero-order chi connectivity index (χ0) is 16.1. The van der Waals surface area contributed by atoms with Gasteiger partial charge < -0.3 is 10.1 Å². The minimum Gasteiger partial charge on any atom is -0.451 e. The van der Waals surface area contributed by atoms with Gasteiger partial charge in [0.05, 0.1) is 10.1 Å². The molecule has 0 spiro atoms. The number of thioether (sulfide) groups is 1. The van der Waals surface area contributed by atoms with Crippen molar-refractivity contribution >= 4 is 69.0 Å². The zero-order valence-corrected chi connectivity index (χ0v) is 14.4. The van der Waals surface area contributed by atoms with Gasteiger partial charge in [-0.25, -0.2) is 4.79 Å². The molecule has 1 fully saturated rings. The van der Waals surface area contributed by atoms with Gasteiger partial charge in [0.25, 0.3) is 5.91 Å². The number of halogens is 1. The first kappa shape index (κ1) is 17.2. The summed E-state index contributed by atoms with van der Waals surface area (Å²) in [7, 11) is 0. The van der Waals surface area contributed by atoms with Crippen LogP contribution in [0.15, 0.2) is 12.1 Å². The molecule has 10 heteroatoms. The second-order valence-corrected chi connectivity index (χ2v) is 7.45. The molecule has 1 aliphatic heterocycles. The van der Waals surface area contributed by atoms with E-state index in [1.54, 1.807) is 6.07 Å². The van der Waals surface area contributed by atoms with Gasteiger partial charge in [-0.3, -0.25) is 14.5 Å². The number of thiocarbonyl (C=S) groups is 1. The summed E-state index contributed by atoms with van der Waals surface area (Å²) >= 11 is 13.1. The number of ether oxygens (including phenoxy) is 1. The predicted molar refractivity (Wildman–Crippen MR) is 89.4 cm³/mol. The van der Waals surface area contributed by atoms with E-state index in [9.17, 15) is 14.4 Å². The van der Waals surface area contributed by atoms with E-state index in [0.29, 0.717) is 25.8 Å². The molecule has 2 heterocycles. The van der Waals surface area contributed by atoms with Crippen LogP contribution < -0.4 is 5.32 Å². The van der Waals surface area contributed by atoms with Crippen molar-refractivity contribution in [3.8, 4) is 0 Å². The van der Waals surface area contributed by atoms with E-state index in [4.69, 9.17) is 28.6 Å². The van der Waals surface area contributed by atoms with Crippen LogP contribution in [0.4, 0.5) is 0 Å². The van der Waals surface area contributed by atoms with Crippen molar-refractivity contribution in [2.24, 2.45) is 0 Å². The third-order valence-electron chi connectivity index (χ3n) is 2.61. The molecule has 1 aliphatic rings. The van der Waals surface area contributed by atoms with Crippen molar-refractivity contribution in [2.75, 3.05) is 25.4 Å². The van der Waals surface area contributed by atoms with Gasteiger partial charge >= 0.3 is 5.97 Å². The van der Waals surface area contributed by atoms with Crippen LogP contribution in [-0.2, 0) is 14.3 Å². The lowest BCUT2D eigenvalue weighted by molar-refractivity contribution is -0.126. The number of amides is 2. The quantitative estimate of drug-likeness (QED) is 0.597. The molecule has 0 aromatic carbocycles. The van der Waals surface area contributed by atoms with Crippen LogP contribution in [0, 0.1) is 0 Å². The summed E-state index contributed by atoms with van der Waals surface area (Å²) in [6.45, 7) is 0.167. The number of hydrogen-bond acceptors (Lipinski definition) is 7. The summed E-state index contributed by atoms with van der Waals surface area (Å²) in [5.41, 5.74) is 0. The van der Waals surface area contributed by atoms with Crippen LogP contribution in [0.3, 0.4) is 0 Å². The maximum absolute atomic E-state index is 11.6. The Morgan fingerprint density at radius 2 is 2.23 bits per heavy atom. The fraction of sp³-hybridized carbons (Fsp3) is 0.333. The van der Waals surface area contributed by atoms with E-state index < -0.39 is 11.9 Å². The molecule has 1 aromatic heterocycles. The first-order chi connectivity index (χ1) is 10.5. The maximum Gasteiger partial charge on any atom is 0.348 e. The Kier molecular flexibility index (Phi) is 6.18. The van der Waals surface area contributed by atoms with Gasteiger partial charge in [-0.05, 0) is 12.1 Å². The topological polar surface area (TPSA) is 75.7 Å². The van der Waals surface area contributed by atoms with Crippen LogP contribution in [0.2, 0.25) is 4.34 Å². The highest BCUT2D eigenvalue weighted by atomic mass is 35.5. The molecule has 1 saturated heterocycles. The second-order valence-electron chi connectivity index (χ2n) is 4.13. The summed E-state index contributed by atoms with van der Waals surface area (Å²) < 4.78 is 5.85. The molecule has 0 saturated carbocycles. The lowest BCUT2D eigenvalue weighted by Gasteiger charge is -2.14. The van der Waals surface area contributed by atoms with E-state index in [1.807, 2.05) is 0 Å². The Bertz CT molecular complexity index is 603. The van der Waals surface area contributed by atoms with Crippen LogP contribution >= 0.6 is 46.9 Å². The first-order valence-corrected chi connectivity index (χ1v) is 8.72. The molecular formula is C12H11ClN2O4S3. The van der Waals surface area contributed by atoms with Gasteiger partial charge in [-0.2, -0.15) is 0 Å². The summed E-state index contributed by atoms with van der Waals surface area (Å²) in [6, 6.07) is 3.11. The van der Waals surface area contributed by atoms with Gasteiger partial charge in [-0.15, -0.1) is 11.3 Å². The van der Waals surface area contributed by atoms with Gasteiger partial charge in [0, 0.05) is 13.1 Å². The molecule has 0 radical (unpaired) electrons. The fourth-order valence-corrected chi connectivity index (χ4v) is 3.64. The van der Waals surface area contributed by atoms with Crippen molar-refractivity contribution in [3.63, 3.8) is 0 Å². The van der Waals surface area contributed by atoms with Gasteiger partial charge in [-0.1, -0.05) is 35.6 Å². The van der Waals surface area contributed by atoms with E-state index in [2.05, 4.69) is 5.32 Å². The highest BCUT2D eigenvalue weighted by molar-refractivity contribution is 8.23. The average Bonchev–Trinajstić information content (AvgIpc) is 3.05. The summed E-state index contributed by atoms with van der Waals surface area (Å²) in [6.07, 6.45) is 0. The largest absolute Gasteiger partial charge is 0.451 e. The molecule has 118 valence electrons. The Balaban J connectivity index is 1.67. The molecule has 1 N–H and O–H groups in total. The zero-order valence-electron chi connectivity index (χ0n) is 11.2. The fourth-order valence-electron chi connectivity index (χ4n) is 1.58. The van der Waals surface area contributed by atoms with Crippen molar-refractivity contribution in [3.05, 3.63) is 21.3 Å². The number of nitrogens with zero attached hydrogens (tertiary/aromatic N) is 1. The number of nitrogens with one attached hydrogen (secondary N) is 1. The maximum atomic E-state index is 11.6. The Morgan fingerprint density at radius 3 is 2.82 bits per heavy atom. The molecule has 1 aromatic rings. The summed E-state index contributed by atoms with van der Waals surface area (Å²) in [5.74, 6) is -0.765. The predicted octanol–water partition coefficient (Wildman–Crippen LogP) is 1.53. The molecular weight excluding hydrogens is 368 g/mol. The number of carbonyl (C=O) groups excluding carboxylic acids is 3. The normalized spacial score (nSPS) is 14.3. The number of esters is 1. The standard InChI is InChI=1S/C12H11ClN2O4S3/c13-8-2-1-7(22-8)11(18)19-5-9(16)14-3-4-15-10(17)6-21-12(15)20/h1-2H,3-6H2,(H,14,16). The van der Waals surface area contributed by atoms with Crippen LogP contribution in [-0.4, -0.2) is 52.5 Å². The lowest BCUT2D eigenvalue weighted by Crippen LogP contribution is -2.38. The lowest BCUT2D eigenvalue weighted by atomic mass is 10.4. The molecule has 0 bridgehead atoms. The molecule has 0 unspecified atom stereocenters. The van der Waals surface area contributed by atoms with Crippen molar-refractivity contribution < 1.29 is 19.1 Å². The monoisotopic (exact) mass is 378 g/mol. The average molecular weight is 379 g/mol. The number of hydrogen-bond donors (Lipinski definition) is 1. The highest BCUT2D eigenvalue weighted by Gasteiger charge is 2.25. The third kappa shape index (κ3) is 4.67. The third-order valence-corrected chi connectivity index (χ3v) is 5.25. The molecule has 6 nitrogen and oxygen atoms in total. The molecule has 0 aliphatic carbocycles. The van der Waals surface area contributed by atoms with Crippen molar-refractivity contribution in [1.82, 2.24) is 10.2 Å². The molecule has 2 rings (SSSR count). The Morgan fingerprint density at radius 1 is 1.45 bits per heavy atom. The van der Waals surface area contributed by atoms with Crippen molar-refractivity contribution in [1.29, 1.82) is 0 Å². The van der Waals surface area contributed by atoms with Crippen LogP contribution in [0.5, 0.6) is 0 Å². The number of carbonyl (C=O) groups is 3. The van der Waals surface area contributed by atoms with E-state index >= 15 is 0 Å². The van der Waals surface area contributed by atoms with Gasteiger partial charge in [0.15, 0.2) is 6.61 Å². The SMILES string of the molecule is O=C(COC(=O)c1ccc(Cl)s1)NCCN1C(=O)CSC1=S. The molecule has 22 heavy (non-hydrogen) atoms. The first-order valence-electron chi connectivity index (χ1n) is 6.13. The van der Waals surface area contributed by atoms with Gasteiger partial charge in [0.2, 0.25) is 5.91 Å². The van der Waals surface area contributed by atoms with Crippen molar-refractivity contribution in [2.45, 2.75) is 0 Å². The summed E-state index contributed by atoms with van der Waals surface area (Å²) in [4.78, 5) is 36.4. The molecule has 0 atom stereocenters. The summed E-state index contributed by atoms with van der Waals surface area (Å²) in [5, 5.41) is 2.56. The Labute approximate surface area is 145 Å². The van der Waals surface area contributed by atoms with E-state index in [0.717, 1.165) is 11.3 Å². The van der Waals surface area contributed by atoms with E-state index in [-0.39, 0.29) is 19.1 Å². The minimum absolute atomic E-state index is 0.0646. The van der Waals surface area contributed by atoms with Crippen LogP contribution in [0.1, 0.15) is 9.67 Å². The highest BCUT2D eigenvalue weighted by Crippen LogP contribution is 2.22. The van der Waals surface area contributed by atoms with Gasteiger partial charge in [0.1, 0.15) is 9.20 Å².